The monoisotopic (exact) mass is 308 g/mol. The van der Waals surface area contributed by atoms with Crippen molar-refractivity contribution in [3.05, 3.63) is 21.8 Å². The lowest BCUT2D eigenvalue weighted by Gasteiger charge is -2.26. The van der Waals surface area contributed by atoms with Gasteiger partial charge in [0.25, 0.3) is 0 Å². The Balaban J connectivity index is 2.86. The molecule has 1 rings (SSSR count). The lowest BCUT2D eigenvalue weighted by molar-refractivity contribution is 0.751. The standard InChI is InChI=1S/C10H14BrClN2S/c1-7(6-15-3)14(2)10-9(11)4-8(12)5-13-10/h4-5,7H,6H2,1-3H3. The van der Waals surface area contributed by atoms with Crippen LogP contribution in [-0.2, 0) is 0 Å². The van der Waals surface area contributed by atoms with Crippen molar-refractivity contribution in [1.29, 1.82) is 0 Å². The van der Waals surface area contributed by atoms with E-state index in [1.807, 2.05) is 24.9 Å². The summed E-state index contributed by atoms with van der Waals surface area (Å²) in [6.07, 6.45) is 3.78. The van der Waals surface area contributed by atoms with Crippen LogP contribution in [0.5, 0.6) is 0 Å². The maximum Gasteiger partial charge on any atom is 0.142 e. The van der Waals surface area contributed by atoms with Crippen molar-refractivity contribution in [3.63, 3.8) is 0 Å². The largest absolute Gasteiger partial charge is 0.355 e. The van der Waals surface area contributed by atoms with E-state index in [4.69, 9.17) is 11.6 Å². The summed E-state index contributed by atoms with van der Waals surface area (Å²) in [5, 5.41) is 0.650. The van der Waals surface area contributed by atoms with E-state index in [0.717, 1.165) is 16.0 Å². The molecule has 0 aliphatic heterocycles. The molecule has 0 saturated heterocycles. The predicted molar refractivity (Wildman–Crippen MR) is 73.2 cm³/mol. The van der Waals surface area contributed by atoms with Gasteiger partial charge in [0.15, 0.2) is 0 Å². The number of nitrogens with zero attached hydrogens (tertiary/aromatic N) is 2. The molecule has 0 N–H and O–H groups in total. The van der Waals surface area contributed by atoms with Gasteiger partial charge in [0.05, 0.1) is 9.50 Å². The SMILES string of the molecule is CSCC(C)N(C)c1ncc(Cl)cc1Br. The van der Waals surface area contributed by atoms with Crippen LogP contribution in [0.3, 0.4) is 0 Å². The Hall–Kier alpha value is 0.0700. The second kappa shape index (κ2) is 5.97. The Bertz CT molecular complexity index is 335. The molecule has 0 aliphatic carbocycles. The third-order valence-electron chi connectivity index (χ3n) is 2.19. The van der Waals surface area contributed by atoms with Crippen LogP contribution < -0.4 is 4.90 Å². The summed E-state index contributed by atoms with van der Waals surface area (Å²) >= 11 is 11.1. The zero-order valence-electron chi connectivity index (χ0n) is 9.00. The molecule has 1 aromatic rings. The number of halogens is 2. The summed E-state index contributed by atoms with van der Waals surface area (Å²) in [5.41, 5.74) is 0. The molecule has 0 saturated carbocycles. The highest BCUT2D eigenvalue weighted by Crippen LogP contribution is 2.27. The van der Waals surface area contributed by atoms with Crippen molar-refractivity contribution < 1.29 is 0 Å². The third kappa shape index (κ3) is 3.54. The number of pyridine rings is 1. The first-order valence-electron chi connectivity index (χ1n) is 4.59. The van der Waals surface area contributed by atoms with Gasteiger partial charge in [0.1, 0.15) is 5.82 Å². The molecular formula is C10H14BrClN2S. The van der Waals surface area contributed by atoms with Gasteiger partial charge >= 0.3 is 0 Å². The van der Waals surface area contributed by atoms with E-state index >= 15 is 0 Å². The highest BCUT2D eigenvalue weighted by molar-refractivity contribution is 9.10. The first kappa shape index (κ1) is 13.1. The fourth-order valence-corrected chi connectivity index (χ4v) is 2.85. The van der Waals surface area contributed by atoms with Crippen LogP contribution in [0, 0.1) is 0 Å². The third-order valence-corrected chi connectivity index (χ3v) is 3.80. The number of hydrogen-bond acceptors (Lipinski definition) is 3. The summed E-state index contributed by atoms with van der Waals surface area (Å²) < 4.78 is 0.936. The zero-order chi connectivity index (χ0) is 11.4. The minimum absolute atomic E-state index is 0.449. The van der Waals surface area contributed by atoms with Crippen molar-refractivity contribution in [1.82, 2.24) is 4.98 Å². The first-order valence-corrected chi connectivity index (χ1v) is 7.15. The zero-order valence-corrected chi connectivity index (χ0v) is 12.2. The molecule has 1 heterocycles. The van der Waals surface area contributed by atoms with Crippen LogP contribution in [0.1, 0.15) is 6.92 Å². The highest BCUT2D eigenvalue weighted by atomic mass is 79.9. The van der Waals surface area contributed by atoms with Crippen LogP contribution in [-0.4, -0.2) is 30.1 Å². The quantitative estimate of drug-likeness (QED) is 0.844. The van der Waals surface area contributed by atoms with Crippen LogP contribution in [0.25, 0.3) is 0 Å². The van der Waals surface area contributed by atoms with E-state index in [0.29, 0.717) is 11.1 Å². The lowest BCUT2D eigenvalue weighted by atomic mass is 10.3. The number of anilines is 1. The van der Waals surface area contributed by atoms with Crippen molar-refractivity contribution >= 4 is 45.1 Å². The van der Waals surface area contributed by atoms with Crippen molar-refractivity contribution in [2.24, 2.45) is 0 Å². The summed E-state index contributed by atoms with van der Waals surface area (Å²) in [5.74, 6) is 2.01. The molecule has 0 fully saturated rings. The fourth-order valence-electron chi connectivity index (χ4n) is 1.23. The normalized spacial score (nSPS) is 12.6. The maximum absolute atomic E-state index is 5.85. The molecule has 1 unspecified atom stereocenters. The van der Waals surface area contributed by atoms with E-state index in [9.17, 15) is 0 Å². The molecule has 0 radical (unpaired) electrons. The number of aromatic nitrogens is 1. The highest BCUT2D eigenvalue weighted by Gasteiger charge is 2.13. The van der Waals surface area contributed by atoms with Gasteiger partial charge in [-0.25, -0.2) is 4.98 Å². The number of hydrogen-bond donors (Lipinski definition) is 0. The van der Waals surface area contributed by atoms with Crippen LogP contribution in [0.15, 0.2) is 16.7 Å². The molecule has 0 aliphatic rings. The van der Waals surface area contributed by atoms with E-state index < -0.39 is 0 Å². The van der Waals surface area contributed by atoms with Gasteiger partial charge < -0.3 is 4.90 Å². The Morgan fingerprint density at radius 3 is 2.87 bits per heavy atom. The van der Waals surface area contributed by atoms with E-state index in [2.05, 4.69) is 39.0 Å². The van der Waals surface area contributed by atoms with Crippen LogP contribution in [0.2, 0.25) is 5.02 Å². The molecular weight excluding hydrogens is 296 g/mol. The summed E-state index contributed by atoms with van der Waals surface area (Å²) in [6.45, 7) is 2.18. The van der Waals surface area contributed by atoms with E-state index in [-0.39, 0.29) is 0 Å². The van der Waals surface area contributed by atoms with E-state index in [1.165, 1.54) is 0 Å². The Morgan fingerprint density at radius 1 is 1.67 bits per heavy atom. The van der Waals surface area contributed by atoms with Gasteiger partial charge in [-0.1, -0.05) is 11.6 Å². The Morgan fingerprint density at radius 2 is 2.33 bits per heavy atom. The van der Waals surface area contributed by atoms with Gasteiger partial charge in [0.2, 0.25) is 0 Å². The molecule has 1 atom stereocenters. The first-order chi connectivity index (χ1) is 7.06. The second-order valence-electron chi connectivity index (χ2n) is 3.37. The number of rotatable bonds is 4. The topological polar surface area (TPSA) is 16.1 Å². The molecule has 5 heteroatoms. The van der Waals surface area contributed by atoms with Gasteiger partial charge in [-0.2, -0.15) is 11.8 Å². The van der Waals surface area contributed by atoms with Crippen LogP contribution >= 0.6 is 39.3 Å². The van der Waals surface area contributed by atoms with Crippen molar-refractivity contribution in [3.8, 4) is 0 Å². The molecule has 0 spiro atoms. The molecule has 15 heavy (non-hydrogen) atoms. The van der Waals surface area contributed by atoms with Crippen molar-refractivity contribution in [2.75, 3.05) is 24.0 Å². The molecule has 2 nitrogen and oxygen atoms in total. The van der Waals surface area contributed by atoms with E-state index in [1.54, 1.807) is 6.20 Å². The fraction of sp³-hybridized carbons (Fsp3) is 0.500. The maximum atomic E-state index is 5.85. The molecule has 0 aromatic carbocycles. The summed E-state index contributed by atoms with van der Waals surface area (Å²) in [6, 6.07) is 2.32. The molecule has 84 valence electrons. The number of thioether (sulfide) groups is 1. The average molecular weight is 310 g/mol. The lowest BCUT2D eigenvalue weighted by Crippen LogP contribution is -2.31. The molecule has 1 aromatic heterocycles. The van der Waals surface area contributed by atoms with Crippen LogP contribution in [0.4, 0.5) is 5.82 Å². The Labute approximate surface area is 109 Å². The van der Waals surface area contributed by atoms with Gasteiger partial charge in [-0.3, -0.25) is 0 Å². The average Bonchev–Trinajstić information content (AvgIpc) is 2.17. The summed E-state index contributed by atoms with van der Waals surface area (Å²) in [7, 11) is 2.04. The minimum atomic E-state index is 0.449. The smallest absolute Gasteiger partial charge is 0.142 e. The van der Waals surface area contributed by atoms with Gasteiger partial charge in [-0.05, 0) is 35.2 Å². The van der Waals surface area contributed by atoms with Gasteiger partial charge in [0, 0.05) is 25.0 Å². The minimum Gasteiger partial charge on any atom is -0.355 e. The second-order valence-corrected chi connectivity index (χ2v) is 5.58. The molecule has 0 amide bonds. The molecule has 0 bridgehead atoms. The van der Waals surface area contributed by atoms with Gasteiger partial charge in [-0.15, -0.1) is 0 Å². The predicted octanol–water partition coefficient (Wildman–Crippen LogP) is 3.69. The summed E-state index contributed by atoms with van der Waals surface area (Å²) in [4.78, 5) is 6.47. The Kier molecular flexibility index (Phi) is 5.23. The van der Waals surface area contributed by atoms with Crippen molar-refractivity contribution in [2.45, 2.75) is 13.0 Å².